The summed E-state index contributed by atoms with van der Waals surface area (Å²) in [4.78, 5) is 12.5. The van der Waals surface area contributed by atoms with Crippen LogP contribution in [0.2, 0.25) is 0 Å². The van der Waals surface area contributed by atoms with Crippen molar-refractivity contribution in [3.05, 3.63) is 29.8 Å². The van der Waals surface area contributed by atoms with Crippen molar-refractivity contribution in [1.82, 2.24) is 4.90 Å². The van der Waals surface area contributed by atoms with Crippen molar-refractivity contribution in [1.29, 1.82) is 0 Å². The van der Waals surface area contributed by atoms with Crippen LogP contribution in [-0.2, 0) is 0 Å². The maximum absolute atomic E-state index is 10.9. The fourth-order valence-electron chi connectivity index (χ4n) is 1.87. The first kappa shape index (κ1) is 11.3. The zero-order chi connectivity index (χ0) is 11.5. The summed E-state index contributed by atoms with van der Waals surface area (Å²) in [6, 6.07) is 7.91. The minimum atomic E-state index is -0.393. The second kappa shape index (κ2) is 4.74. The standard InChI is InChI=1S/C12H14ClNO2/c1-9-3-2-4-10(7-9)16-11-5-6-14(8-11)12(13)15/h2-4,7,11H,5-6,8H2,1H3. The first-order valence-electron chi connectivity index (χ1n) is 5.33. The Morgan fingerprint density at radius 1 is 1.56 bits per heavy atom. The number of benzene rings is 1. The normalized spacial score (nSPS) is 19.9. The first-order chi connectivity index (χ1) is 7.65. The highest BCUT2D eigenvalue weighted by Crippen LogP contribution is 2.20. The first-order valence-corrected chi connectivity index (χ1v) is 5.70. The van der Waals surface area contributed by atoms with Gasteiger partial charge in [-0.25, -0.2) is 0 Å². The lowest BCUT2D eigenvalue weighted by Gasteiger charge is -2.14. The Labute approximate surface area is 100.0 Å². The predicted molar refractivity (Wildman–Crippen MR) is 63.0 cm³/mol. The van der Waals surface area contributed by atoms with Crippen molar-refractivity contribution in [3.63, 3.8) is 0 Å². The highest BCUT2D eigenvalue weighted by atomic mass is 35.5. The van der Waals surface area contributed by atoms with Crippen LogP contribution in [0, 0.1) is 6.92 Å². The van der Waals surface area contributed by atoms with Crippen LogP contribution < -0.4 is 4.74 Å². The van der Waals surface area contributed by atoms with E-state index < -0.39 is 5.37 Å². The Balaban J connectivity index is 1.94. The van der Waals surface area contributed by atoms with Gasteiger partial charge in [-0.15, -0.1) is 0 Å². The Morgan fingerprint density at radius 2 is 2.38 bits per heavy atom. The molecule has 1 amide bonds. The number of amides is 1. The SMILES string of the molecule is Cc1cccc(OC2CCN(C(=O)Cl)C2)c1. The van der Waals surface area contributed by atoms with E-state index in [4.69, 9.17) is 16.3 Å². The zero-order valence-electron chi connectivity index (χ0n) is 9.15. The summed E-state index contributed by atoms with van der Waals surface area (Å²) >= 11 is 5.41. The molecule has 1 saturated heterocycles. The molecule has 0 radical (unpaired) electrons. The van der Waals surface area contributed by atoms with E-state index in [1.807, 2.05) is 31.2 Å². The van der Waals surface area contributed by atoms with Crippen LogP contribution in [0.25, 0.3) is 0 Å². The molecule has 0 aromatic heterocycles. The van der Waals surface area contributed by atoms with Gasteiger partial charge in [-0.05, 0) is 36.2 Å². The van der Waals surface area contributed by atoms with Gasteiger partial charge >= 0.3 is 5.37 Å². The summed E-state index contributed by atoms with van der Waals surface area (Å²) in [7, 11) is 0. The molecular formula is C12H14ClNO2. The second-order valence-electron chi connectivity index (χ2n) is 4.04. The van der Waals surface area contributed by atoms with E-state index in [2.05, 4.69) is 0 Å². The van der Waals surface area contributed by atoms with Crippen molar-refractivity contribution in [2.45, 2.75) is 19.4 Å². The third-order valence-electron chi connectivity index (χ3n) is 2.69. The Hall–Kier alpha value is -1.22. The number of carbonyl (C=O) groups excluding carboxylic acids is 1. The third kappa shape index (κ3) is 2.67. The molecule has 16 heavy (non-hydrogen) atoms. The summed E-state index contributed by atoms with van der Waals surface area (Å²) in [6.45, 7) is 3.28. The Bertz CT molecular complexity index is 394. The van der Waals surface area contributed by atoms with E-state index in [0.717, 1.165) is 12.2 Å². The lowest BCUT2D eigenvalue weighted by molar-refractivity contribution is 0.199. The van der Waals surface area contributed by atoms with E-state index in [-0.39, 0.29) is 6.10 Å². The number of nitrogens with zero attached hydrogens (tertiary/aromatic N) is 1. The molecule has 1 aromatic rings. The molecule has 86 valence electrons. The van der Waals surface area contributed by atoms with Gasteiger partial charge in [0.15, 0.2) is 0 Å². The fourth-order valence-corrected chi connectivity index (χ4v) is 2.02. The van der Waals surface area contributed by atoms with Crippen LogP contribution in [0.1, 0.15) is 12.0 Å². The minimum Gasteiger partial charge on any atom is -0.489 e. The molecule has 0 aliphatic carbocycles. The van der Waals surface area contributed by atoms with E-state index in [9.17, 15) is 4.79 Å². The van der Waals surface area contributed by atoms with Crippen LogP contribution in [-0.4, -0.2) is 29.5 Å². The van der Waals surface area contributed by atoms with Gasteiger partial charge in [0.2, 0.25) is 0 Å². The van der Waals surface area contributed by atoms with Crippen molar-refractivity contribution in [2.75, 3.05) is 13.1 Å². The maximum Gasteiger partial charge on any atom is 0.316 e. The lowest BCUT2D eigenvalue weighted by Crippen LogP contribution is -2.26. The number of hydrogen-bond donors (Lipinski definition) is 0. The number of carbonyl (C=O) groups is 1. The highest BCUT2D eigenvalue weighted by molar-refractivity contribution is 6.62. The molecule has 0 bridgehead atoms. The molecule has 2 rings (SSSR count). The topological polar surface area (TPSA) is 29.5 Å². The molecule has 1 fully saturated rings. The van der Waals surface area contributed by atoms with E-state index in [0.29, 0.717) is 13.1 Å². The number of aryl methyl sites for hydroxylation is 1. The van der Waals surface area contributed by atoms with Gasteiger partial charge in [-0.2, -0.15) is 0 Å². The molecule has 4 heteroatoms. The summed E-state index contributed by atoms with van der Waals surface area (Å²) in [5, 5.41) is -0.393. The van der Waals surface area contributed by atoms with E-state index in [1.54, 1.807) is 4.90 Å². The average Bonchev–Trinajstić information content (AvgIpc) is 2.66. The molecule has 1 aromatic carbocycles. The van der Waals surface area contributed by atoms with Crippen molar-refractivity contribution >= 4 is 17.0 Å². The molecule has 3 nitrogen and oxygen atoms in total. The smallest absolute Gasteiger partial charge is 0.316 e. The highest BCUT2D eigenvalue weighted by Gasteiger charge is 2.26. The molecule has 1 aliphatic rings. The maximum atomic E-state index is 10.9. The van der Waals surface area contributed by atoms with Gasteiger partial charge in [-0.1, -0.05) is 12.1 Å². The van der Waals surface area contributed by atoms with Gasteiger partial charge in [-0.3, -0.25) is 4.79 Å². The van der Waals surface area contributed by atoms with E-state index in [1.165, 1.54) is 5.56 Å². The fraction of sp³-hybridized carbons (Fsp3) is 0.417. The molecule has 0 saturated carbocycles. The van der Waals surface area contributed by atoms with Crippen LogP contribution in [0.15, 0.2) is 24.3 Å². The van der Waals surface area contributed by atoms with Gasteiger partial charge in [0.05, 0.1) is 6.54 Å². The van der Waals surface area contributed by atoms with Gasteiger partial charge < -0.3 is 9.64 Å². The summed E-state index contributed by atoms with van der Waals surface area (Å²) in [5.41, 5.74) is 1.17. The summed E-state index contributed by atoms with van der Waals surface area (Å²) in [6.07, 6.45) is 0.899. The van der Waals surface area contributed by atoms with Crippen molar-refractivity contribution in [2.24, 2.45) is 0 Å². The molecule has 1 unspecified atom stereocenters. The van der Waals surface area contributed by atoms with Gasteiger partial charge in [0.1, 0.15) is 11.9 Å². The molecule has 1 atom stereocenters. The molecule has 0 spiro atoms. The Morgan fingerprint density at radius 3 is 3.00 bits per heavy atom. The quantitative estimate of drug-likeness (QED) is 0.587. The van der Waals surface area contributed by atoms with Gasteiger partial charge in [0.25, 0.3) is 0 Å². The summed E-state index contributed by atoms with van der Waals surface area (Å²) < 4.78 is 5.78. The van der Waals surface area contributed by atoms with Crippen LogP contribution in [0.5, 0.6) is 5.75 Å². The largest absolute Gasteiger partial charge is 0.489 e. The molecular weight excluding hydrogens is 226 g/mol. The second-order valence-corrected chi connectivity index (χ2v) is 4.37. The van der Waals surface area contributed by atoms with Crippen LogP contribution in [0.3, 0.4) is 0 Å². The molecule has 0 N–H and O–H groups in total. The van der Waals surface area contributed by atoms with Crippen molar-refractivity contribution in [3.8, 4) is 5.75 Å². The van der Waals surface area contributed by atoms with Gasteiger partial charge in [0, 0.05) is 13.0 Å². The van der Waals surface area contributed by atoms with Crippen LogP contribution in [0.4, 0.5) is 4.79 Å². The third-order valence-corrected chi connectivity index (χ3v) is 2.92. The molecule has 1 heterocycles. The zero-order valence-corrected chi connectivity index (χ0v) is 9.91. The Kier molecular flexibility index (Phi) is 3.34. The number of likely N-dealkylation sites (tertiary alicyclic amines) is 1. The number of hydrogen-bond acceptors (Lipinski definition) is 2. The molecule has 1 aliphatic heterocycles. The monoisotopic (exact) mass is 239 g/mol. The number of halogens is 1. The predicted octanol–water partition coefficient (Wildman–Crippen LogP) is 2.81. The average molecular weight is 240 g/mol. The van der Waals surface area contributed by atoms with Crippen LogP contribution >= 0.6 is 11.6 Å². The number of ether oxygens (including phenoxy) is 1. The number of rotatable bonds is 2. The minimum absolute atomic E-state index is 0.0597. The van der Waals surface area contributed by atoms with E-state index >= 15 is 0 Å². The summed E-state index contributed by atoms with van der Waals surface area (Å²) in [5.74, 6) is 0.855. The van der Waals surface area contributed by atoms with Crippen molar-refractivity contribution < 1.29 is 9.53 Å². The lowest BCUT2D eigenvalue weighted by atomic mass is 10.2.